The summed E-state index contributed by atoms with van der Waals surface area (Å²) in [5.74, 6) is -0.231. The van der Waals surface area contributed by atoms with Gasteiger partial charge < -0.3 is 0 Å². The number of aromatic nitrogens is 3. The lowest BCUT2D eigenvalue weighted by atomic mass is 10.1. The minimum atomic E-state index is -0.231. The van der Waals surface area contributed by atoms with E-state index in [-0.39, 0.29) is 5.82 Å². The molecule has 4 nitrogen and oxygen atoms in total. The van der Waals surface area contributed by atoms with E-state index in [9.17, 15) is 4.39 Å². The third kappa shape index (κ3) is 3.41. The van der Waals surface area contributed by atoms with Crippen LogP contribution in [0, 0.1) is 19.7 Å². The standard InChI is InChI=1S/C23H23FN4/c1-16-21(17(2)28(26-16)19-8-5-4-6-9-19)15-27(3)14-18-11-12-22(24)20-10-7-13-25-23(18)20/h4-13H,14-15H2,1-3H3. The van der Waals surface area contributed by atoms with Crippen LogP contribution in [-0.2, 0) is 13.1 Å². The highest BCUT2D eigenvalue weighted by Crippen LogP contribution is 2.23. The van der Waals surface area contributed by atoms with E-state index in [4.69, 9.17) is 5.10 Å². The number of para-hydroxylation sites is 1. The van der Waals surface area contributed by atoms with Crippen molar-refractivity contribution >= 4 is 10.9 Å². The van der Waals surface area contributed by atoms with Gasteiger partial charge in [0.1, 0.15) is 5.82 Å². The largest absolute Gasteiger partial charge is 0.298 e. The second-order valence-electron chi connectivity index (χ2n) is 7.18. The van der Waals surface area contributed by atoms with E-state index < -0.39 is 0 Å². The molecule has 0 saturated heterocycles. The second kappa shape index (κ2) is 7.52. The van der Waals surface area contributed by atoms with Crippen LogP contribution in [0.25, 0.3) is 16.6 Å². The van der Waals surface area contributed by atoms with Crippen LogP contribution >= 0.6 is 0 Å². The van der Waals surface area contributed by atoms with E-state index in [0.29, 0.717) is 11.9 Å². The van der Waals surface area contributed by atoms with Crippen molar-refractivity contribution in [3.05, 3.63) is 89.1 Å². The molecule has 0 saturated carbocycles. The van der Waals surface area contributed by atoms with Gasteiger partial charge in [-0.2, -0.15) is 5.10 Å². The summed E-state index contributed by atoms with van der Waals surface area (Å²) in [7, 11) is 2.07. The van der Waals surface area contributed by atoms with Crippen LogP contribution in [0.5, 0.6) is 0 Å². The van der Waals surface area contributed by atoms with Crippen molar-refractivity contribution in [1.82, 2.24) is 19.7 Å². The van der Waals surface area contributed by atoms with Gasteiger partial charge in [-0.3, -0.25) is 9.88 Å². The molecular formula is C23H23FN4. The Morgan fingerprint density at radius 1 is 0.964 bits per heavy atom. The highest BCUT2D eigenvalue weighted by atomic mass is 19.1. The molecule has 28 heavy (non-hydrogen) atoms. The first-order valence-corrected chi connectivity index (χ1v) is 9.36. The molecule has 2 heterocycles. The summed E-state index contributed by atoms with van der Waals surface area (Å²) in [5.41, 5.74) is 6.18. The fraction of sp³-hybridized carbons (Fsp3) is 0.217. The van der Waals surface area contributed by atoms with Gasteiger partial charge in [0.05, 0.1) is 16.9 Å². The van der Waals surface area contributed by atoms with Crippen molar-refractivity contribution in [1.29, 1.82) is 0 Å². The molecule has 4 aromatic rings. The highest BCUT2D eigenvalue weighted by molar-refractivity contribution is 5.82. The molecule has 0 aliphatic rings. The summed E-state index contributed by atoms with van der Waals surface area (Å²) in [6, 6.07) is 17.1. The summed E-state index contributed by atoms with van der Waals surface area (Å²) in [5, 5.41) is 5.30. The maximum atomic E-state index is 14.1. The number of nitrogens with zero attached hydrogens (tertiary/aromatic N) is 4. The molecule has 0 amide bonds. The Hall–Kier alpha value is -3.05. The molecule has 0 bridgehead atoms. The highest BCUT2D eigenvalue weighted by Gasteiger charge is 2.16. The molecule has 0 fully saturated rings. The van der Waals surface area contributed by atoms with Crippen LogP contribution in [0.1, 0.15) is 22.5 Å². The zero-order valence-electron chi connectivity index (χ0n) is 16.4. The SMILES string of the molecule is Cc1nn(-c2ccccc2)c(C)c1CN(C)Cc1ccc(F)c2cccnc12. The Bertz CT molecular complexity index is 1120. The Balaban J connectivity index is 1.59. The van der Waals surface area contributed by atoms with Crippen molar-refractivity contribution in [3.63, 3.8) is 0 Å². The van der Waals surface area contributed by atoms with Crippen molar-refractivity contribution in [2.45, 2.75) is 26.9 Å². The van der Waals surface area contributed by atoms with Gasteiger partial charge in [-0.15, -0.1) is 0 Å². The van der Waals surface area contributed by atoms with Gasteiger partial charge in [0.15, 0.2) is 0 Å². The van der Waals surface area contributed by atoms with Crippen LogP contribution in [0.3, 0.4) is 0 Å². The number of pyridine rings is 1. The Morgan fingerprint density at radius 2 is 1.75 bits per heavy atom. The number of hydrogen-bond acceptors (Lipinski definition) is 3. The predicted molar refractivity (Wildman–Crippen MR) is 110 cm³/mol. The molecule has 4 rings (SSSR count). The zero-order chi connectivity index (χ0) is 19.7. The normalized spacial score (nSPS) is 11.5. The molecule has 0 unspecified atom stereocenters. The van der Waals surface area contributed by atoms with E-state index in [2.05, 4.69) is 36.0 Å². The monoisotopic (exact) mass is 374 g/mol. The average Bonchev–Trinajstić information content (AvgIpc) is 2.99. The first-order valence-electron chi connectivity index (χ1n) is 9.36. The number of benzene rings is 2. The van der Waals surface area contributed by atoms with Gasteiger partial charge in [-0.05, 0) is 56.8 Å². The van der Waals surface area contributed by atoms with Gasteiger partial charge in [-0.1, -0.05) is 24.3 Å². The Kier molecular flexibility index (Phi) is 4.92. The van der Waals surface area contributed by atoms with Crippen molar-refractivity contribution in [3.8, 4) is 5.69 Å². The van der Waals surface area contributed by atoms with Crippen LogP contribution in [0.4, 0.5) is 4.39 Å². The lowest BCUT2D eigenvalue weighted by Gasteiger charge is -2.18. The van der Waals surface area contributed by atoms with Crippen LogP contribution < -0.4 is 0 Å². The van der Waals surface area contributed by atoms with E-state index in [1.54, 1.807) is 18.3 Å². The van der Waals surface area contributed by atoms with Gasteiger partial charge in [-0.25, -0.2) is 9.07 Å². The third-order valence-corrected chi connectivity index (χ3v) is 5.11. The zero-order valence-corrected chi connectivity index (χ0v) is 16.4. The van der Waals surface area contributed by atoms with Gasteiger partial charge >= 0.3 is 0 Å². The molecule has 142 valence electrons. The van der Waals surface area contributed by atoms with Crippen molar-refractivity contribution < 1.29 is 4.39 Å². The predicted octanol–water partition coefficient (Wildman–Crippen LogP) is 4.81. The number of rotatable bonds is 5. The van der Waals surface area contributed by atoms with Gasteiger partial charge in [0.25, 0.3) is 0 Å². The third-order valence-electron chi connectivity index (χ3n) is 5.11. The molecule has 0 spiro atoms. The first-order chi connectivity index (χ1) is 13.5. The molecule has 5 heteroatoms. The van der Waals surface area contributed by atoms with Gasteiger partial charge in [0.2, 0.25) is 0 Å². The van der Waals surface area contributed by atoms with E-state index in [0.717, 1.165) is 34.7 Å². The molecule has 0 atom stereocenters. The summed E-state index contributed by atoms with van der Waals surface area (Å²) in [4.78, 5) is 6.61. The van der Waals surface area contributed by atoms with Crippen LogP contribution in [0.2, 0.25) is 0 Å². The smallest absolute Gasteiger partial charge is 0.132 e. The average molecular weight is 374 g/mol. The number of halogens is 1. The maximum Gasteiger partial charge on any atom is 0.132 e. The van der Waals surface area contributed by atoms with Crippen molar-refractivity contribution in [2.75, 3.05) is 7.05 Å². The number of hydrogen-bond donors (Lipinski definition) is 0. The Labute approximate surface area is 164 Å². The Morgan fingerprint density at radius 3 is 2.54 bits per heavy atom. The van der Waals surface area contributed by atoms with E-state index in [1.807, 2.05) is 35.9 Å². The molecule has 0 aliphatic heterocycles. The number of fused-ring (bicyclic) bond motifs is 1. The molecule has 2 aromatic heterocycles. The summed E-state index contributed by atoms with van der Waals surface area (Å²) >= 11 is 0. The molecule has 2 aromatic carbocycles. The minimum Gasteiger partial charge on any atom is -0.298 e. The van der Waals surface area contributed by atoms with Gasteiger partial charge in [0, 0.05) is 35.9 Å². The summed E-state index contributed by atoms with van der Waals surface area (Å²) in [6.45, 7) is 5.59. The molecule has 0 N–H and O–H groups in total. The minimum absolute atomic E-state index is 0.231. The summed E-state index contributed by atoms with van der Waals surface area (Å²) in [6.07, 6.45) is 1.71. The van der Waals surface area contributed by atoms with Crippen LogP contribution in [0.15, 0.2) is 60.8 Å². The topological polar surface area (TPSA) is 34.0 Å². The van der Waals surface area contributed by atoms with E-state index in [1.165, 1.54) is 11.6 Å². The van der Waals surface area contributed by atoms with Crippen LogP contribution in [-0.4, -0.2) is 26.7 Å². The fourth-order valence-corrected chi connectivity index (χ4v) is 3.66. The first kappa shape index (κ1) is 18.3. The lowest BCUT2D eigenvalue weighted by molar-refractivity contribution is 0.318. The molecule has 0 aliphatic carbocycles. The molecular weight excluding hydrogens is 351 g/mol. The summed E-state index contributed by atoms with van der Waals surface area (Å²) < 4.78 is 16.0. The van der Waals surface area contributed by atoms with E-state index >= 15 is 0 Å². The molecule has 0 radical (unpaired) electrons. The maximum absolute atomic E-state index is 14.1. The fourth-order valence-electron chi connectivity index (χ4n) is 3.66. The lowest BCUT2D eigenvalue weighted by Crippen LogP contribution is -2.18. The quantitative estimate of drug-likeness (QED) is 0.503. The van der Waals surface area contributed by atoms with Crippen molar-refractivity contribution in [2.24, 2.45) is 0 Å². The number of aryl methyl sites for hydroxylation is 1. The second-order valence-corrected chi connectivity index (χ2v) is 7.18.